The average molecular weight is 448 g/mol. The molecule has 2 aromatic carbocycles. The second-order valence-corrected chi connectivity index (χ2v) is 7.42. The van der Waals surface area contributed by atoms with E-state index in [9.17, 15) is 22.4 Å². The van der Waals surface area contributed by atoms with Crippen LogP contribution in [0.15, 0.2) is 48.7 Å². The molecule has 3 aromatic rings. The molecule has 32 heavy (non-hydrogen) atoms. The lowest BCUT2D eigenvalue weighted by Crippen LogP contribution is -2.36. The van der Waals surface area contributed by atoms with E-state index in [0.717, 1.165) is 10.9 Å². The molecule has 1 amide bonds. The number of alkyl halides is 3. The number of benzene rings is 2. The van der Waals surface area contributed by atoms with Crippen molar-refractivity contribution in [3.05, 3.63) is 65.6 Å². The van der Waals surface area contributed by atoms with E-state index in [-0.39, 0.29) is 24.6 Å². The van der Waals surface area contributed by atoms with Crippen LogP contribution in [0, 0.1) is 5.82 Å². The molecule has 2 atom stereocenters. The number of rotatable bonds is 3. The second kappa shape index (κ2) is 7.43. The van der Waals surface area contributed by atoms with Gasteiger partial charge in [-0.2, -0.15) is 18.3 Å². The van der Waals surface area contributed by atoms with Gasteiger partial charge in [0.1, 0.15) is 17.2 Å². The average Bonchev–Trinajstić information content (AvgIpc) is 3.39. The van der Waals surface area contributed by atoms with Crippen molar-refractivity contribution in [1.29, 1.82) is 0 Å². The van der Waals surface area contributed by atoms with Gasteiger partial charge in [-0.05, 0) is 29.8 Å². The molecule has 0 radical (unpaired) electrons. The van der Waals surface area contributed by atoms with Crippen molar-refractivity contribution < 1.29 is 31.8 Å². The number of amides is 1. The zero-order chi connectivity index (χ0) is 22.5. The smallest absolute Gasteiger partial charge is 0.410 e. The first-order chi connectivity index (χ1) is 15.3. The molecule has 11 heteroatoms. The Hall–Kier alpha value is -3.76. The molecule has 2 aliphatic rings. The van der Waals surface area contributed by atoms with Crippen molar-refractivity contribution in [1.82, 2.24) is 9.78 Å². The van der Waals surface area contributed by atoms with Gasteiger partial charge in [0.15, 0.2) is 17.5 Å². The first-order valence-corrected chi connectivity index (χ1v) is 9.67. The van der Waals surface area contributed by atoms with E-state index in [4.69, 9.17) is 9.47 Å². The van der Waals surface area contributed by atoms with Crippen LogP contribution in [0.3, 0.4) is 0 Å². The molecule has 0 bridgehead atoms. The van der Waals surface area contributed by atoms with Crippen LogP contribution in [-0.2, 0) is 0 Å². The largest absolute Gasteiger partial charge is 0.454 e. The molecule has 0 aliphatic carbocycles. The Morgan fingerprint density at radius 3 is 2.62 bits per heavy atom. The van der Waals surface area contributed by atoms with Crippen LogP contribution in [0.4, 0.5) is 29.1 Å². The molecule has 0 fully saturated rings. The molecular formula is C21H16F4N4O3. The molecule has 0 saturated heterocycles. The second-order valence-electron chi connectivity index (χ2n) is 7.42. The van der Waals surface area contributed by atoms with E-state index in [1.54, 1.807) is 18.2 Å². The Balaban J connectivity index is 1.46. The Labute approximate surface area is 178 Å². The van der Waals surface area contributed by atoms with Crippen LogP contribution in [-0.4, -0.2) is 28.7 Å². The Morgan fingerprint density at radius 1 is 1.12 bits per heavy atom. The summed E-state index contributed by atoms with van der Waals surface area (Å²) in [6, 6.07) is 7.23. The fourth-order valence-corrected chi connectivity index (χ4v) is 3.82. The van der Waals surface area contributed by atoms with Crippen LogP contribution >= 0.6 is 0 Å². The highest BCUT2D eigenvalue weighted by Crippen LogP contribution is 2.44. The lowest BCUT2D eigenvalue weighted by Gasteiger charge is -2.34. The molecule has 7 nitrogen and oxygen atoms in total. The summed E-state index contributed by atoms with van der Waals surface area (Å²) in [7, 11) is 0. The number of nitrogens with zero attached hydrogens (tertiary/aromatic N) is 2. The van der Waals surface area contributed by atoms with E-state index < -0.39 is 30.0 Å². The van der Waals surface area contributed by atoms with Crippen molar-refractivity contribution in [2.45, 2.75) is 24.7 Å². The number of carbonyl (C=O) groups is 1. The summed E-state index contributed by atoms with van der Waals surface area (Å²) in [5.74, 6) is -0.218. The predicted octanol–water partition coefficient (Wildman–Crippen LogP) is 4.66. The summed E-state index contributed by atoms with van der Waals surface area (Å²) in [4.78, 5) is 12.9. The Kier molecular flexibility index (Phi) is 4.68. The fraction of sp³-hybridized carbons (Fsp3) is 0.238. The highest BCUT2D eigenvalue weighted by atomic mass is 19.4. The number of anilines is 2. The SMILES string of the molecule is O=C(Nc1ccc2c(c1)OCO2)c1cnn2c1N[C@H](c1ccc(F)cc1)C[C@@H]2C(F)(F)F. The number of fused-ring (bicyclic) bond motifs is 2. The van der Waals surface area contributed by atoms with Crippen LogP contribution in [0.25, 0.3) is 0 Å². The third-order valence-corrected chi connectivity index (χ3v) is 5.39. The summed E-state index contributed by atoms with van der Waals surface area (Å²) >= 11 is 0. The minimum Gasteiger partial charge on any atom is -0.454 e. The number of halogens is 4. The lowest BCUT2D eigenvalue weighted by molar-refractivity contribution is -0.173. The maximum absolute atomic E-state index is 13.8. The quantitative estimate of drug-likeness (QED) is 0.570. The topological polar surface area (TPSA) is 77.4 Å². The van der Waals surface area contributed by atoms with Gasteiger partial charge in [0, 0.05) is 18.2 Å². The van der Waals surface area contributed by atoms with Gasteiger partial charge in [0.2, 0.25) is 6.79 Å². The zero-order valence-corrected chi connectivity index (χ0v) is 16.3. The van der Waals surface area contributed by atoms with E-state index >= 15 is 0 Å². The van der Waals surface area contributed by atoms with E-state index in [1.807, 2.05) is 0 Å². The molecule has 166 valence electrons. The molecular weight excluding hydrogens is 432 g/mol. The van der Waals surface area contributed by atoms with Crippen LogP contribution < -0.4 is 20.1 Å². The van der Waals surface area contributed by atoms with Crippen LogP contribution in [0.2, 0.25) is 0 Å². The van der Waals surface area contributed by atoms with Crippen molar-refractivity contribution in [2.75, 3.05) is 17.4 Å². The van der Waals surface area contributed by atoms with E-state index in [0.29, 0.717) is 22.7 Å². The highest BCUT2D eigenvalue weighted by molar-refractivity contribution is 6.07. The Bertz CT molecular complexity index is 1180. The minimum atomic E-state index is -4.59. The van der Waals surface area contributed by atoms with Gasteiger partial charge in [0.25, 0.3) is 5.91 Å². The molecule has 1 aromatic heterocycles. The van der Waals surface area contributed by atoms with Crippen LogP contribution in [0.5, 0.6) is 11.5 Å². The standard InChI is InChI=1S/C21H16F4N4O3/c22-12-3-1-11(2-4-12)15-8-18(21(23,24)25)29-19(28-15)14(9-26-29)20(30)27-13-5-6-16-17(7-13)32-10-31-16/h1-7,9,15,18,28H,8,10H2,(H,27,30)/t15-,18+/m0/s1. The third-order valence-electron chi connectivity index (χ3n) is 5.39. The highest BCUT2D eigenvalue weighted by Gasteiger charge is 2.47. The summed E-state index contributed by atoms with van der Waals surface area (Å²) in [5.41, 5.74) is 0.802. The first-order valence-electron chi connectivity index (χ1n) is 9.67. The number of carbonyl (C=O) groups excluding carboxylic acids is 1. The van der Waals surface area contributed by atoms with Crippen LogP contribution in [0.1, 0.15) is 34.4 Å². The van der Waals surface area contributed by atoms with Gasteiger partial charge >= 0.3 is 6.18 Å². The molecule has 0 saturated carbocycles. The van der Waals surface area contributed by atoms with Gasteiger partial charge < -0.3 is 20.1 Å². The number of hydrogen-bond donors (Lipinski definition) is 2. The van der Waals surface area contributed by atoms with Crippen molar-refractivity contribution in [3.63, 3.8) is 0 Å². The number of nitrogens with one attached hydrogen (secondary N) is 2. The van der Waals surface area contributed by atoms with Crippen molar-refractivity contribution in [2.24, 2.45) is 0 Å². The summed E-state index contributed by atoms with van der Waals surface area (Å²) in [6.07, 6.45) is -3.85. The first kappa shape index (κ1) is 20.2. The van der Waals surface area contributed by atoms with E-state index in [2.05, 4.69) is 15.7 Å². The van der Waals surface area contributed by atoms with Gasteiger partial charge in [-0.1, -0.05) is 12.1 Å². The maximum Gasteiger partial charge on any atom is 0.410 e. The third kappa shape index (κ3) is 3.59. The molecule has 0 unspecified atom stereocenters. The molecule has 0 spiro atoms. The van der Waals surface area contributed by atoms with Crippen molar-refractivity contribution >= 4 is 17.4 Å². The lowest BCUT2D eigenvalue weighted by atomic mass is 9.96. The Morgan fingerprint density at radius 2 is 1.88 bits per heavy atom. The summed E-state index contributed by atoms with van der Waals surface area (Å²) in [6.45, 7) is 0.0666. The predicted molar refractivity (Wildman–Crippen MR) is 105 cm³/mol. The zero-order valence-electron chi connectivity index (χ0n) is 16.3. The normalized spacial score (nSPS) is 19.2. The van der Waals surface area contributed by atoms with Crippen molar-refractivity contribution in [3.8, 4) is 11.5 Å². The summed E-state index contributed by atoms with van der Waals surface area (Å²) < 4.78 is 65.9. The molecule has 2 aliphatic heterocycles. The maximum atomic E-state index is 13.8. The number of ether oxygens (including phenoxy) is 2. The van der Waals surface area contributed by atoms with Gasteiger partial charge in [0.05, 0.1) is 12.2 Å². The van der Waals surface area contributed by atoms with Gasteiger partial charge in [-0.15, -0.1) is 0 Å². The van der Waals surface area contributed by atoms with E-state index in [1.165, 1.54) is 24.3 Å². The molecule has 5 rings (SSSR count). The van der Waals surface area contributed by atoms with Gasteiger partial charge in [-0.25, -0.2) is 9.07 Å². The molecule has 2 N–H and O–H groups in total. The fourth-order valence-electron chi connectivity index (χ4n) is 3.82. The minimum absolute atomic E-state index is 0.0521. The number of aromatic nitrogens is 2. The number of hydrogen-bond acceptors (Lipinski definition) is 5. The van der Waals surface area contributed by atoms with Gasteiger partial charge in [-0.3, -0.25) is 4.79 Å². The monoisotopic (exact) mass is 448 g/mol. The molecule has 3 heterocycles. The summed E-state index contributed by atoms with van der Waals surface area (Å²) in [5, 5.41) is 9.44.